The molecule has 0 radical (unpaired) electrons. The van der Waals surface area contributed by atoms with Gasteiger partial charge in [-0.05, 0) is 31.2 Å². The highest BCUT2D eigenvalue weighted by Crippen LogP contribution is 2.34. The number of rotatable bonds is 3. The maximum atomic E-state index is 7.49. The standard InChI is InChI=1S/C21H22N6O2/c1-12-11-27(5-6-28-12)13-3-4-18-17(7-13)26-21(29-18)16-10-25-20(23-2)15-9-24-19(22)8-14(15)16/h3-4,7-10,12H,5-6,11H2,1-2H3,(H2,22,24)(H,23,25)/i2D3. The third kappa shape index (κ3) is 3.11. The molecule has 4 aromatic rings. The van der Waals surface area contributed by atoms with Crippen LogP contribution < -0.4 is 16.0 Å². The molecule has 1 aromatic carbocycles. The SMILES string of the molecule is [2H]C([2H])([2H])Nc1ncc(-c2nc3cc(N4CCOC(C)C4)ccc3o2)c2cc(N)ncc12. The molecular formula is C21H22N6O2. The summed E-state index contributed by atoms with van der Waals surface area (Å²) in [5.41, 5.74) is 8.93. The number of hydrogen-bond acceptors (Lipinski definition) is 8. The third-order valence-corrected chi connectivity index (χ3v) is 5.12. The minimum atomic E-state index is -2.40. The third-order valence-electron chi connectivity index (χ3n) is 5.12. The summed E-state index contributed by atoms with van der Waals surface area (Å²) in [7, 11) is 0. The molecule has 148 valence electrons. The number of nitrogens with two attached hydrogens (primary N) is 1. The van der Waals surface area contributed by atoms with E-state index in [1.54, 1.807) is 6.07 Å². The summed E-state index contributed by atoms with van der Waals surface area (Å²) < 4.78 is 34.1. The summed E-state index contributed by atoms with van der Waals surface area (Å²) in [6.45, 7) is 1.98. The smallest absolute Gasteiger partial charge is 0.229 e. The molecule has 1 fully saturated rings. The number of anilines is 3. The van der Waals surface area contributed by atoms with Crippen LogP contribution in [0.15, 0.2) is 41.1 Å². The first-order chi connectivity index (χ1) is 15.3. The Balaban J connectivity index is 1.58. The Labute approximate surface area is 171 Å². The first-order valence-electron chi connectivity index (χ1n) is 10.9. The van der Waals surface area contributed by atoms with Gasteiger partial charge in [0, 0.05) is 53.0 Å². The Morgan fingerprint density at radius 2 is 2.17 bits per heavy atom. The predicted molar refractivity (Wildman–Crippen MR) is 114 cm³/mol. The van der Waals surface area contributed by atoms with Crippen LogP contribution in [-0.4, -0.2) is 47.7 Å². The van der Waals surface area contributed by atoms with E-state index in [4.69, 9.17) is 19.0 Å². The number of nitrogens with zero attached hydrogens (tertiary/aromatic N) is 4. The molecule has 5 rings (SSSR count). The van der Waals surface area contributed by atoms with Crippen LogP contribution >= 0.6 is 0 Å². The molecule has 0 aliphatic carbocycles. The summed E-state index contributed by atoms with van der Waals surface area (Å²) in [6, 6.07) is 7.57. The Bertz CT molecular complexity index is 1310. The first-order valence-corrected chi connectivity index (χ1v) is 9.37. The van der Waals surface area contributed by atoms with E-state index >= 15 is 0 Å². The van der Waals surface area contributed by atoms with Gasteiger partial charge in [-0.2, -0.15) is 0 Å². The number of nitrogens with one attached hydrogen (secondary N) is 1. The van der Waals surface area contributed by atoms with Gasteiger partial charge in [0.1, 0.15) is 17.2 Å². The van der Waals surface area contributed by atoms with E-state index in [1.165, 1.54) is 12.4 Å². The molecule has 1 aliphatic rings. The molecule has 1 unspecified atom stereocenters. The van der Waals surface area contributed by atoms with E-state index in [-0.39, 0.29) is 11.9 Å². The number of ether oxygens (including phenoxy) is 1. The van der Waals surface area contributed by atoms with Crippen LogP contribution in [0.1, 0.15) is 11.0 Å². The number of benzene rings is 1. The van der Waals surface area contributed by atoms with Gasteiger partial charge in [-0.25, -0.2) is 15.0 Å². The maximum absolute atomic E-state index is 7.49. The molecule has 0 amide bonds. The Kier molecular flexibility index (Phi) is 3.47. The van der Waals surface area contributed by atoms with Gasteiger partial charge in [-0.15, -0.1) is 0 Å². The molecule has 4 heterocycles. The molecule has 3 N–H and O–H groups in total. The van der Waals surface area contributed by atoms with Crippen molar-refractivity contribution in [3.05, 3.63) is 36.7 Å². The largest absolute Gasteiger partial charge is 0.436 e. The molecular weight excluding hydrogens is 368 g/mol. The highest BCUT2D eigenvalue weighted by molar-refractivity contribution is 6.01. The summed E-state index contributed by atoms with van der Waals surface area (Å²) in [5, 5.41) is 3.60. The number of hydrogen-bond donors (Lipinski definition) is 2. The van der Waals surface area contributed by atoms with Crippen molar-refractivity contribution in [2.24, 2.45) is 0 Å². The minimum absolute atomic E-state index is 0.172. The van der Waals surface area contributed by atoms with E-state index < -0.39 is 6.98 Å². The molecule has 29 heavy (non-hydrogen) atoms. The lowest BCUT2D eigenvalue weighted by Crippen LogP contribution is -2.41. The van der Waals surface area contributed by atoms with Crippen molar-refractivity contribution in [2.75, 3.05) is 42.6 Å². The van der Waals surface area contributed by atoms with E-state index in [0.717, 1.165) is 24.3 Å². The lowest BCUT2D eigenvalue weighted by Gasteiger charge is -2.32. The van der Waals surface area contributed by atoms with E-state index in [1.807, 2.05) is 18.2 Å². The van der Waals surface area contributed by atoms with Gasteiger partial charge >= 0.3 is 0 Å². The highest BCUT2D eigenvalue weighted by Gasteiger charge is 2.19. The average molecular weight is 393 g/mol. The number of aromatic nitrogens is 3. The molecule has 0 spiro atoms. The normalized spacial score (nSPS) is 19.1. The monoisotopic (exact) mass is 393 g/mol. The quantitative estimate of drug-likeness (QED) is 0.547. The fourth-order valence-corrected chi connectivity index (χ4v) is 3.70. The lowest BCUT2D eigenvalue weighted by atomic mass is 10.1. The van der Waals surface area contributed by atoms with Crippen LogP contribution in [0.5, 0.6) is 0 Å². The van der Waals surface area contributed by atoms with Gasteiger partial charge < -0.3 is 25.1 Å². The Hall–Kier alpha value is -3.39. The summed E-state index contributed by atoms with van der Waals surface area (Å²) in [6.07, 6.45) is 3.20. The number of oxazole rings is 1. The Morgan fingerprint density at radius 1 is 1.24 bits per heavy atom. The molecule has 8 nitrogen and oxygen atoms in total. The van der Waals surface area contributed by atoms with Crippen LogP contribution in [0.25, 0.3) is 33.3 Å². The van der Waals surface area contributed by atoms with Gasteiger partial charge in [0.2, 0.25) is 5.89 Å². The molecule has 0 bridgehead atoms. The molecule has 1 saturated heterocycles. The fraction of sp³-hybridized carbons (Fsp3) is 0.286. The number of morpholine rings is 1. The predicted octanol–water partition coefficient (Wildman–Crippen LogP) is 3.29. The van der Waals surface area contributed by atoms with Crippen molar-refractivity contribution in [3.63, 3.8) is 0 Å². The van der Waals surface area contributed by atoms with Crippen molar-refractivity contribution in [1.29, 1.82) is 0 Å². The van der Waals surface area contributed by atoms with Crippen molar-refractivity contribution in [1.82, 2.24) is 15.0 Å². The molecule has 1 aliphatic heterocycles. The van der Waals surface area contributed by atoms with E-state index in [0.29, 0.717) is 40.2 Å². The minimum Gasteiger partial charge on any atom is -0.436 e. The van der Waals surface area contributed by atoms with Crippen molar-refractivity contribution >= 4 is 39.2 Å². The van der Waals surface area contributed by atoms with Crippen LogP contribution in [0, 0.1) is 0 Å². The fourth-order valence-electron chi connectivity index (χ4n) is 3.70. The van der Waals surface area contributed by atoms with Crippen molar-refractivity contribution < 1.29 is 13.3 Å². The topological polar surface area (TPSA) is 102 Å². The molecule has 1 atom stereocenters. The van der Waals surface area contributed by atoms with Gasteiger partial charge in [0.15, 0.2) is 5.58 Å². The van der Waals surface area contributed by atoms with E-state index in [9.17, 15) is 0 Å². The van der Waals surface area contributed by atoms with Crippen LogP contribution in [0.3, 0.4) is 0 Å². The number of fused-ring (bicyclic) bond motifs is 2. The van der Waals surface area contributed by atoms with E-state index in [2.05, 4.69) is 32.1 Å². The summed E-state index contributed by atoms with van der Waals surface area (Å²) >= 11 is 0. The number of pyridine rings is 2. The summed E-state index contributed by atoms with van der Waals surface area (Å²) in [4.78, 5) is 15.3. The lowest BCUT2D eigenvalue weighted by molar-refractivity contribution is 0.0532. The zero-order chi connectivity index (χ0) is 22.5. The zero-order valence-corrected chi connectivity index (χ0v) is 15.8. The second kappa shape index (κ2) is 6.89. The Morgan fingerprint density at radius 3 is 3.03 bits per heavy atom. The number of nitrogen functional groups attached to an aromatic ring is 1. The van der Waals surface area contributed by atoms with Crippen LogP contribution in [0.2, 0.25) is 0 Å². The van der Waals surface area contributed by atoms with Gasteiger partial charge in [-0.3, -0.25) is 0 Å². The molecule has 0 saturated carbocycles. The molecule has 3 aromatic heterocycles. The van der Waals surface area contributed by atoms with Crippen LogP contribution in [-0.2, 0) is 4.74 Å². The highest BCUT2D eigenvalue weighted by atomic mass is 16.5. The van der Waals surface area contributed by atoms with Crippen molar-refractivity contribution in [3.8, 4) is 11.5 Å². The second-order valence-electron chi connectivity index (χ2n) is 7.10. The van der Waals surface area contributed by atoms with Crippen molar-refractivity contribution in [2.45, 2.75) is 13.0 Å². The average Bonchev–Trinajstić information content (AvgIpc) is 3.15. The summed E-state index contributed by atoms with van der Waals surface area (Å²) in [5.74, 6) is 0.858. The van der Waals surface area contributed by atoms with Gasteiger partial charge in [0.05, 0.1) is 18.3 Å². The first kappa shape index (κ1) is 14.6. The second-order valence-corrected chi connectivity index (χ2v) is 7.10. The van der Waals surface area contributed by atoms with Crippen LogP contribution in [0.4, 0.5) is 17.3 Å². The van der Waals surface area contributed by atoms with Gasteiger partial charge in [-0.1, -0.05) is 0 Å². The molecule has 8 heteroatoms. The van der Waals surface area contributed by atoms with Gasteiger partial charge in [0.25, 0.3) is 0 Å². The zero-order valence-electron chi connectivity index (χ0n) is 18.8. The maximum Gasteiger partial charge on any atom is 0.229 e.